The van der Waals surface area contributed by atoms with E-state index in [1.807, 2.05) is 0 Å². The molecule has 1 nitrogen and oxygen atoms in total. The molecule has 1 rings (SSSR count). The van der Waals surface area contributed by atoms with Crippen molar-refractivity contribution in [1.82, 2.24) is 0 Å². The number of hydrogen-bond acceptors (Lipinski definition) is 1. The van der Waals surface area contributed by atoms with Crippen LogP contribution in [-0.2, 0) is 0 Å². The molecule has 0 aliphatic carbocycles. The van der Waals surface area contributed by atoms with E-state index in [9.17, 15) is 8.78 Å². The van der Waals surface area contributed by atoms with Crippen molar-refractivity contribution < 1.29 is 13.5 Å². The third kappa shape index (κ3) is 3.42. The van der Waals surface area contributed by atoms with Crippen molar-refractivity contribution in [3.8, 4) is 5.75 Å². The van der Waals surface area contributed by atoms with Crippen molar-refractivity contribution in [1.29, 1.82) is 0 Å². The predicted octanol–water partition coefficient (Wildman–Crippen LogP) is 3.10. The average Bonchev–Trinajstić information content (AvgIpc) is 1.99. The van der Waals surface area contributed by atoms with Crippen molar-refractivity contribution in [2.75, 3.05) is 6.61 Å². The first-order valence-corrected chi connectivity index (χ1v) is 3.88. The lowest BCUT2D eigenvalue weighted by Gasteiger charge is -2.04. The minimum absolute atomic E-state index is 0.0322. The van der Waals surface area contributed by atoms with Gasteiger partial charge in [0.2, 0.25) is 0 Å². The van der Waals surface area contributed by atoms with Gasteiger partial charge >= 0.3 is 0 Å². The average molecular weight is 205 g/mol. The van der Waals surface area contributed by atoms with Gasteiger partial charge in [0.25, 0.3) is 0 Å². The lowest BCUT2D eigenvalue weighted by Crippen LogP contribution is -1.97. The van der Waals surface area contributed by atoms with Crippen LogP contribution >= 0.6 is 11.6 Å². The van der Waals surface area contributed by atoms with Crippen LogP contribution in [0, 0.1) is 11.6 Å². The van der Waals surface area contributed by atoms with Crippen LogP contribution in [-0.4, -0.2) is 6.61 Å². The number of rotatable bonds is 3. The smallest absolute Gasteiger partial charge is 0.129 e. The lowest BCUT2D eigenvalue weighted by atomic mass is 10.3. The molecule has 70 valence electrons. The van der Waals surface area contributed by atoms with E-state index in [1.165, 1.54) is 0 Å². The van der Waals surface area contributed by atoms with Crippen LogP contribution in [0.3, 0.4) is 0 Å². The summed E-state index contributed by atoms with van der Waals surface area (Å²) in [7, 11) is 0. The lowest BCUT2D eigenvalue weighted by molar-refractivity contribution is 0.354. The fourth-order valence-corrected chi connectivity index (χ4v) is 0.828. The van der Waals surface area contributed by atoms with E-state index in [4.69, 9.17) is 16.3 Å². The highest BCUT2D eigenvalue weighted by Crippen LogP contribution is 2.16. The fourth-order valence-electron chi connectivity index (χ4n) is 0.774. The quantitative estimate of drug-likeness (QED) is 0.735. The molecule has 0 fully saturated rings. The van der Waals surface area contributed by atoms with Gasteiger partial charge in [0.15, 0.2) is 0 Å². The predicted molar refractivity (Wildman–Crippen MR) is 46.8 cm³/mol. The SMILES string of the molecule is C=C(Cl)COc1cc(F)cc(F)c1. The Morgan fingerprint density at radius 2 is 1.85 bits per heavy atom. The normalized spacial score (nSPS) is 9.77. The third-order valence-electron chi connectivity index (χ3n) is 1.23. The highest BCUT2D eigenvalue weighted by molar-refractivity contribution is 6.29. The third-order valence-corrected chi connectivity index (χ3v) is 1.34. The molecule has 0 bridgehead atoms. The summed E-state index contributed by atoms with van der Waals surface area (Å²) in [5, 5.41) is 0.268. The van der Waals surface area contributed by atoms with E-state index in [-0.39, 0.29) is 17.4 Å². The summed E-state index contributed by atoms with van der Waals surface area (Å²) in [4.78, 5) is 0. The summed E-state index contributed by atoms with van der Waals surface area (Å²) < 4.78 is 30.1. The van der Waals surface area contributed by atoms with Crippen LogP contribution in [0.2, 0.25) is 0 Å². The second-order valence-electron chi connectivity index (χ2n) is 2.41. The van der Waals surface area contributed by atoms with E-state index in [0.29, 0.717) is 0 Å². The van der Waals surface area contributed by atoms with Gasteiger partial charge in [-0.3, -0.25) is 0 Å². The molecule has 0 aliphatic rings. The molecule has 0 unspecified atom stereocenters. The maximum absolute atomic E-state index is 12.6. The van der Waals surface area contributed by atoms with Gasteiger partial charge in [0, 0.05) is 23.2 Å². The molecule has 0 saturated carbocycles. The number of hydrogen-bond donors (Lipinski definition) is 0. The molecule has 0 heterocycles. The molecule has 4 heteroatoms. The summed E-state index contributed by atoms with van der Waals surface area (Å²) in [6, 6.07) is 2.91. The van der Waals surface area contributed by atoms with Crippen molar-refractivity contribution in [3.63, 3.8) is 0 Å². The highest BCUT2D eigenvalue weighted by atomic mass is 35.5. The van der Waals surface area contributed by atoms with Crippen LogP contribution in [0.1, 0.15) is 0 Å². The largest absolute Gasteiger partial charge is 0.488 e. The van der Waals surface area contributed by atoms with Crippen molar-refractivity contribution in [2.45, 2.75) is 0 Å². The van der Waals surface area contributed by atoms with Crippen molar-refractivity contribution in [2.24, 2.45) is 0 Å². The van der Waals surface area contributed by atoms with Gasteiger partial charge < -0.3 is 4.74 Å². The zero-order chi connectivity index (χ0) is 9.84. The van der Waals surface area contributed by atoms with Crippen LogP contribution in [0.5, 0.6) is 5.75 Å². The van der Waals surface area contributed by atoms with Crippen molar-refractivity contribution >= 4 is 11.6 Å². The van der Waals surface area contributed by atoms with Crippen LogP contribution in [0.4, 0.5) is 8.78 Å². The molecule has 0 aliphatic heterocycles. The highest BCUT2D eigenvalue weighted by Gasteiger charge is 2.01. The van der Waals surface area contributed by atoms with E-state index >= 15 is 0 Å². The number of halogens is 3. The molecule has 0 saturated heterocycles. The zero-order valence-corrected chi connectivity index (χ0v) is 7.44. The minimum atomic E-state index is -0.685. The van der Waals surface area contributed by atoms with Gasteiger partial charge in [-0.2, -0.15) is 0 Å². The van der Waals surface area contributed by atoms with Gasteiger partial charge in [-0.25, -0.2) is 8.78 Å². The first-order valence-electron chi connectivity index (χ1n) is 3.50. The maximum atomic E-state index is 12.6. The molecule has 0 spiro atoms. The van der Waals surface area contributed by atoms with Crippen LogP contribution in [0.15, 0.2) is 29.8 Å². The van der Waals surface area contributed by atoms with E-state index in [1.54, 1.807) is 0 Å². The Bertz CT molecular complexity index is 305. The van der Waals surface area contributed by atoms with Gasteiger partial charge in [-0.1, -0.05) is 18.2 Å². The molecule has 1 aromatic rings. The first kappa shape index (κ1) is 9.99. The molecule has 0 atom stereocenters. The van der Waals surface area contributed by atoms with Gasteiger partial charge in [-0.15, -0.1) is 0 Å². The summed E-state index contributed by atoms with van der Waals surface area (Å²) in [5.74, 6) is -1.27. The number of ether oxygens (including phenoxy) is 1. The van der Waals surface area contributed by atoms with E-state index in [0.717, 1.165) is 18.2 Å². The van der Waals surface area contributed by atoms with Gasteiger partial charge in [0.05, 0.1) is 0 Å². The molecular formula is C9H7ClF2O. The van der Waals surface area contributed by atoms with Crippen LogP contribution in [0.25, 0.3) is 0 Å². The van der Waals surface area contributed by atoms with E-state index in [2.05, 4.69) is 6.58 Å². The van der Waals surface area contributed by atoms with E-state index < -0.39 is 11.6 Å². The molecule has 0 N–H and O–H groups in total. The Morgan fingerprint density at radius 3 is 2.31 bits per heavy atom. The van der Waals surface area contributed by atoms with Gasteiger partial charge in [-0.05, 0) is 0 Å². The topological polar surface area (TPSA) is 9.23 Å². The molecule has 0 amide bonds. The summed E-state index contributed by atoms with van der Waals surface area (Å²) in [6.45, 7) is 3.40. The van der Waals surface area contributed by atoms with Crippen LogP contribution < -0.4 is 4.74 Å². The van der Waals surface area contributed by atoms with Gasteiger partial charge in [0.1, 0.15) is 24.0 Å². The zero-order valence-electron chi connectivity index (χ0n) is 6.69. The number of benzene rings is 1. The maximum Gasteiger partial charge on any atom is 0.129 e. The van der Waals surface area contributed by atoms with Crippen molar-refractivity contribution in [3.05, 3.63) is 41.4 Å². The second kappa shape index (κ2) is 4.23. The Balaban J connectivity index is 2.71. The fraction of sp³-hybridized carbons (Fsp3) is 0.111. The molecule has 13 heavy (non-hydrogen) atoms. The Hall–Kier alpha value is -1.09. The molecule has 0 aromatic heterocycles. The second-order valence-corrected chi connectivity index (χ2v) is 2.95. The minimum Gasteiger partial charge on any atom is -0.488 e. The summed E-state index contributed by atoms with van der Waals surface area (Å²) in [5.41, 5.74) is 0. The summed E-state index contributed by atoms with van der Waals surface area (Å²) in [6.07, 6.45) is 0. The Morgan fingerprint density at radius 1 is 1.31 bits per heavy atom. The standard InChI is InChI=1S/C9H7ClF2O/c1-6(10)5-13-9-3-7(11)2-8(12)4-9/h2-4H,1,5H2. The molecule has 1 aromatic carbocycles. The molecular weight excluding hydrogens is 198 g/mol. The Labute approximate surface area is 79.6 Å². The monoisotopic (exact) mass is 204 g/mol. The summed E-state index contributed by atoms with van der Waals surface area (Å²) >= 11 is 5.40. The first-order chi connectivity index (χ1) is 6.08. The molecule has 0 radical (unpaired) electrons. The Kier molecular flexibility index (Phi) is 3.25.